The maximum absolute atomic E-state index is 13.8. The first kappa shape index (κ1) is 18.2. The number of amides is 1. The highest BCUT2D eigenvalue weighted by atomic mass is 19.4. The number of nitrogens with one attached hydrogen (secondary N) is 2. The summed E-state index contributed by atoms with van der Waals surface area (Å²) < 4.78 is 50.6. The topological polar surface area (TPSA) is 106 Å². The number of alkyl halides is 3. The van der Waals surface area contributed by atoms with Gasteiger partial charge in [-0.25, -0.2) is 14.8 Å². The van der Waals surface area contributed by atoms with Crippen molar-refractivity contribution in [1.82, 2.24) is 15.3 Å². The molecule has 0 saturated carbocycles. The van der Waals surface area contributed by atoms with Gasteiger partial charge in [0.05, 0.1) is 12.9 Å². The zero-order chi connectivity index (χ0) is 18.5. The first-order valence-electron chi connectivity index (χ1n) is 6.95. The van der Waals surface area contributed by atoms with Crippen LogP contribution in [0.15, 0.2) is 41.3 Å². The van der Waals surface area contributed by atoms with Gasteiger partial charge >= 0.3 is 17.8 Å². The first-order chi connectivity index (χ1) is 11.8. The van der Waals surface area contributed by atoms with E-state index in [0.29, 0.717) is 0 Å². The van der Waals surface area contributed by atoms with Crippen LogP contribution in [-0.4, -0.2) is 40.3 Å². The van der Waals surface area contributed by atoms with E-state index in [-0.39, 0.29) is 6.61 Å². The number of carbonyl (C=O) groups is 2. The minimum atomic E-state index is -5.28. The molecule has 1 atom stereocenters. The van der Waals surface area contributed by atoms with Crippen molar-refractivity contribution in [2.45, 2.75) is 18.8 Å². The van der Waals surface area contributed by atoms with Gasteiger partial charge in [-0.15, -0.1) is 0 Å². The van der Waals surface area contributed by atoms with Crippen LogP contribution < -0.4 is 10.6 Å². The summed E-state index contributed by atoms with van der Waals surface area (Å²) in [6.45, 7) is 0.983. The van der Waals surface area contributed by atoms with Crippen LogP contribution in [-0.2, 0) is 9.53 Å². The molecule has 0 aliphatic rings. The second kappa shape index (κ2) is 7.20. The minimum Gasteiger partial charge on any atom is -0.463 e. The molecular formula is C14H13F3N4O4. The van der Waals surface area contributed by atoms with Gasteiger partial charge in [0.1, 0.15) is 0 Å². The van der Waals surface area contributed by atoms with Gasteiger partial charge in [-0.2, -0.15) is 13.2 Å². The third-order valence-corrected chi connectivity index (χ3v) is 2.92. The Kier molecular flexibility index (Phi) is 5.25. The smallest absolute Gasteiger partial charge is 0.442 e. The van der Waals surface area contributed by atoms with Crippen molar-refractivity contribution in [3.63, 3.8) is 0 Å². The molecule has 0 radical (unpaired) electrons. The monoisotopic (exact) mass is 358 g/mol. The van der Waals surface area contributed by atoms with Crippen LogP contribution in [0.1, 0.15) is 17.5 Å². The summed E-state index contributed by atoms with van der Waals surface area (Å²) in [6.07, 6.45) is -1.85. The molecule has 2 aromatic heterocycles. The highest BCUT2D eigenvalue weighted by Crippen LogP contribution is 2.32. The molecule has 0 fully saturated rings. The molecule has 0 unspecified atom stereocenters. The Balaban J connectivity index is 2.46. The third kappa shape index (κ3) is 3.87. The lowest BCUT2D eigenvalue weighted by molar-refractivity contribution is -0.204. The Bertz CT molecular complexity index is 721. The van der Waals surface area contributed by atoms with E-state index in [1.54, 1.807) is 5.32 Å². The molecule has 8 nitrogen and oxygen atoms in total. The van der Waals surface area contributed by atoms with Gasteiger partial charge < -0.3 is 19.8 Å². The number of aromatic nitrogens is 2. The molecule has 2 N–H and O–H groups in total. The van der Waals surface area contributed by atoms with E-state index < -0.39 is 35.4 Å². The second-order valence-corrected chi connectivity index (χ2v) is 4.60. The molecule has 0 saturated heterocycles. The highest BCUT2D eigenvalue weighted by Gasteiger charge is 2.64. The average molecular weight is 358 g/mol. The van der Waals surface area contributed by atoms with E-state index in [0.717, 1.165) is 24.7 Å². The predicted molar refractivity (Wildman–Crippen MR) is 77.2 cm³/mol. The summed E-state index contributed by atoms with van der Waals surface area (Å²) in [4.78, 5) is 31.4. The Labute approximate surface area is 139 Å². The Morgan fingerprint density at radius 2 is 1.92 bits per heavy atom. The van der Waals surface area contributed by atoms with E-state index in [1.165, 1.54) is 19.1 Å². The fourth-order valence-corrected chi connectivity index (χ4v) is 1.80. The molecule has 0 bridgehead atoms. The second-order valence-electron chi connectivity index (χ2n) is 4.60. The Morgan fingerprint density at radius 3 is 2.44 bits per heavy atom. The standard InChI is InChI=1S/C14H13F3N4O4/c1-2-24-11(23)13(14(15,16)17,21-12-18-6-4-7-19-12)20-10(22)9-5-3-8-25-9/h3-8H,2H2,1H3,(H,20,22)(H,18,19,21)/t13-/m1/s1. The fraction of sp³-hybridized carbons (Fsp3) is 0.286. The van der Waals surface area contributed by atoms with Gasteiger partial charge in [0.2, 0.25) is 5.95 Å². The van der Waals surface area contributed by atoms with Crippen molar-refractivity contribution < 1.29 is 31.9 Å². The predicted octanol–water partition coefficient (Wildman–Crippen LogP) is 1.73. The number of hydrogen-bond acceptors (Lipinski definition) is 7. The van der Waals surface area contributed by atoms with Crippen LogP contribution in [0.3, 0.4) is 0 Å². The lowest BCUT2D eigenvalue weighted by Gasteiger charge is -2.34. The van der Waals surface area contributed by atoms with Gasteiger partial charge in [0, 0.05) is 12.4 Å². The van der Waals surface area contributed by atoms with E-state index in [4.69, 9.17) is 4.42 Å². The van der Waals surface area contributed by atoms with Crippen molar-refractivity contribution in [3.05, 3.63) is 42.6 Å². The molecule has 2 heterocycles. The molecule has 1 amide bonds. The maximum atomic E-state index is 13.8. The third-order valence-electron chi connectivity index (χ3n) is 2.92. The van der Waals surface area contributed by atoms with Crippen LogP contribution in [0.5, 0.6) is 0 Å². The number of esters is 1. The molecule has 0 spiro atoms. The SMILES string of the molecule is CCOC(=O)[C@@](NC(=O)c1ccco1)(Nc1ncccn1)C(F)(F)F. The zero-order valence-corrected chi connectivity index (χ0v) is 12.8. The molecule has 0 aliphatic heterocycles. The normalized spacial score (nSPS) is 13.6. The number of nitrogens with zero attached hydrogens (tertiary/aromatic N) is 2. The number of ether oxygens (including phenoxy) is 1. The fourth-order valence-electron chi connectivity index (χ4n) is 1.80. The van der Waals surface area contributed by atoms with Crippen LogP contribution >= 0.6 is 0 Å². The quantitative estimate of drug-likeness (QED) is 0.598. The van der Waals surface area contributed by atoms with Crippen molar-refractivity contribution >= 4 is 17.8 Å². The van der Waals surface area contributed by atoms with E-state index in [9.17, 15) is 22.8 Å². The number of halogens is 3. The van der Waals surface area contributed by atoms with Crippen LogP contribution in [0, 0.1) is 0 Å². The molecule has 11 heteroatoms. The van der Waals surface area contributed by atoms with Gasteiger partial charge in [-0.3, -0.25) is 4.79 Å². The van der Waals surface area contributed by atoms with Crippen LogP contribution in [0.25, 0.3) is 0 Å². The summed E-state index contributed by atoms with van der Waals surface area (Å²) in [7, 11) is 0. The summed E-state index contributed by atoms with van der Waals surface area (Å²) in [6, 6.07) is 3.81. The largest absolute Gasteiger partial charge is 0.463 e. The average Bonchev–Trinajstić information content (AvgIpc) is 3.09. The van der Waals surface area contributed by atoms with Gasteiger partial charge in [-0.05, 0) is 25.1 Å². The molecule has 134 valence electrons. The lowest BCUT2D eigenvalue weighted by Crippen LogP contribution is -2.69. The molecular weight excluding hydrogens is 345 g/mol. The summed E-state index contributed by atoms with van der Waals surface area (Å²) >= 11 is 0. The molecule has 25 heavy (non-hydrogen) atoms. The molecule has 2 rings (SSSR count). The van der Waals surface area contributed by atoms with E-state index in [2.05, 4.69) is 14.7 Å². The summed E-state index contributed by atoms with van der Waals surface area (Å²) in [5, 5.41) is 3.40. The van der Waals surface area contributed by atoms with Crippen molar-refractivity contribution in [3.8, 4) is 0 Å². The Morgan fingerprint density at radius 1 is 1.24 bits per heavy atom. The lowest BCUT2D eigenvalue weighted by atomic mass is 10.1. The number of rotatable bonds is 6. The van der Waals surface area contributed by atoms with Gasteiger partial charge in [0.25, 0.3) is 5.91 Å². The number of anilines is 1. The maximum Gasteiger partial charge on any atom is 0.442 e. The van der Waals surface area contributed by atoms with Crippen LogP contribution in [0.2, 0.25) is 0 Å². The van der Waals surface area contributed by atoms with E-state index in [1.807, 2.05) is 5.32 Å². The van der Waals surface area contributed by atoms with Crippen molar-refractivity contribution in [2.24, 2.45) is 0 Å². The van der Waals surface area contributed by atoms with Crippen molar-refractivity contribution in [1.29, 1.82) is 0 Å². The minimum absolute atomic E-state index is 0.343. The molecule has 0 aromatic carbocycles. The number of hydrogen-bond donors (Lipinski definition) is 2. The first-order valence-corrected chi connectivity index (χ1v) is 6.95. The highest BCUT2D eigenvalue weighted by molar-refractivity contribution is 5.97. The number of furan rings is 1. The summed E-state index contributed by atoms with van der Waals surface area (Å²) in [5.74, 6) is -4.00. The number of carbonyl (C=O) groups excluding carboxylic acids is 2. The van der Waals surface area contributed by atoms with Crippen molar-refractivity contribution in [2.75, 3.05) is 11.9 Å². The van der Waals surface area contributed by atoms with Gasteiger partial charge in [0.15, 0.2) is 5.76 Å². The summed E-state index contributed by atoms with van der Waals surface area (Å²) in [5.41, 5.74) is -3.60. The molecule has 0 aliphatic carbocycles. The van der Waals surface area contributed by atoms with Gasteiger partial charge in [-0.1, -0.05) is 0 Å². The molecule has 2 aromatic rings. The van der Waals surface area contributed by atoms with E-state index >= 15 is 0 Å². The zero-order valence-electron chi connectivity index (χ0n) is 12.8. The van der Waals surface area contributed by atoms with Crippen LogP contribution in [0.4, 0.5) is 19.1 Å². The Hall–Kier alpha value is -3.11.